The number of Topliss-reactive ketones (excluding diaryl/α,β-unsaturated/α-hetero) is 1. The van der Waals surface area contributed by atoms with Crippen LogP contribution in [0.4, 0.5) is 4.39 Å². The maximum atomic E-state index is 14.1. The Hall–Kier alpha value is -1.78. The Labute approximate surface area is 156 Å². The van der Waals surface area contributed by atoms with Gasteiger partial charge in [0.25, 0.3) is 8.32 Å². The molecule has 0 N–H and O–H groups in total. The third-order valence-electron chi connectivity index (χ3n) is 5.29. The second kappa shape index (κ2) is 7.45. The van der Waals surface area contributed by atoms with Crippen LogP contribution >= 0.6 is 0 Å². The van der Waals surface area contributed by atoms with E-state index in [4.69, 9.17) is 4.43 Å². The minimum Gasteiger partial charge on any atom is -0.404 e. The van der Waals surface area contributed by atoms with Gasteiger partial charge in [0.15, 0.2) is 12.0 Å². The fourth-order valence-electron chi connectivity index (χ4n) is 3.99. The van der Waals surface area contributed by atoms with Crippen LogP contribution in [0.1, 0.15) is 40.0 Å². The SMILES string of the molecule is CC(C)(C)[Si](O[C@H]1CCC(=O)[C@@H](F)C1)(c1ccccc1)c1ccccc1. The molecule has 2 atom stereocenters. The van der Waals surface area contributed by atoms with Gasteiger partial charge in [-0.25, -0.2) is 4.39 Å². The quantitative estimate of drug-likeness (QED) is 0.760. The Morgan fingerprint density at radius 1 is 0.962 bits per heavy atom. The number of alkyl halides is 1. The number of hydrogen-bond acceptors (Lipinski definition) is 2. The van der Waals surface area contributed by atoms with Crippen molar-refractivity contribution >= 4 is 24.5 Å². The van der Waals surface area contributed by atoms with Gasteiger partial charge in [0.1, 0.15) is 0 Å². The lowest BCUT2D eigenvalue weighted by Gasteiger charge is -2.46. The maximum absolute atomic E-state index is 14.1. The summed E-state index contributed by atoms with van der Waals surface area (Å²) < 4.78 is 21.0. The molecule has 0 unspecified atom stereocenters. The summed E-state index contributed by atoms with van der Waals surface area (Å²) in [5, 5.41) is 2.24. The molecule has 4 heteroatoms. The van der Waals surface area contributed by atoms with Crippen LogP contribution in [-0.2, 0) is 9.22 Å². The molecule has 1 fully saturated rings. The summed E-state index contributed by atoms with van der Waals surface area (Å²) in [6.07, 6.45) is -0.585. The Balaban J connectivity index is 2.10. The topological polar surface area (TPSA) is 26.3 Å². The van der Waals surface area contributed by atoms with Crippen LogP contribution in [0, 0.1) is 0 Å². The zero-order valence-electron chi connectivity index (χ0n) is 15.7. The van der Waals surface area contributed by atoms with Crippen molar-refractivity contribution in [2.45, 2.75) is 57.3 Å². The van der Waals surface area contributed by atoms with Crippen molar-refractivity contribution in [2.24, 2.45) is 0 Å². The molecule has 2 nitrogen and oxygen atoms in total. The summed E-state index contributed by atoms with van der Waals surface area (Å²) in [5.41, 5.74) is 0. The molecule has 1 saturated carbocycles. The third kappa shape index (κ3) is 3.53. The number of carbonyl (C=O) groups is 1. The molecule has 0 heterocycles. The largest absolute Gasteiger partial charge is 0.404 e. The first-order valence-corrected chi connectivity index (χ1v) is 11.2. The van der Waals surface area contributed by atoms with Gasteiger partial charge in [-0.05, 0) is 21.8 Å². The lowest BCUT2D eigenvalue weighted by atomic mass is 9.95. The smallest absolute Gasteiger partial charge is 0.261 e. The molecule has 0 aliphatic heterocycles. The van der Waals surface area contributed by atoms with E-state index in [1.54, 1.807) is 0 Å². The van der Waals surface area contributed by atoms with Crippen LogP contribution in [0.5, 0.6) is 0 Å². The third-order valence-corrected chi connectivity index (χ3v) is 10.4. The van der Waals surface area contributed by atoms with Gasteiger partial charge in [-0.1, -0.05) is 81.4 Å². The molecule has 2 aromatic rings. The van der Waals surface area contributed by atoms with E-state index in [2.05, 4.69) is 45.0 Å². The highest BCUT2D eigenvalue weighted by atomic mass is 28.4. The van der Waals surface area contributed by atoms with E-state index in [1.807, 2.05) is 36.4 Å². The highest BCUT2D eigenvalue weighted by Crippen LogP contribution is 2.39. The van der Waals surface area contributed by atoms with E-state index in [9.17, 15) is 9.18 Å². The molecule has 0 aromatic heterocycles. The molecular formula is C22H27FO2Si. The molecule has 0 spiro atoms. The average Bonchev–Trinajstić information content (AvgIpc) is 2.63. The summed E-state index contributed by atoms with van der Waals surface area (Å²) >= 11 is 0. The fourth-order valence-corrected chi connectivity index (χ4v) is 8.72. The Morgan fingerprint density at radius 2 is 1.46 bits per heavy atom. The predicted octanol–water partition coefficient (Wildman–Crippen LogP) is 4.02. The van der Waals surface area contributed by atoms with E-state index in [-0.39, 0.29) is 29.8 Å². The highest BCUT2D eigenvalue weighted by Gasteiger charge is 2.52. The first-order chi connectivity index (χ1) is 12.3. The molecular weight excluding hydrogens is 343 g/mol. The second-order valence-electron chi connectivity index (χ2n) is 8.11. The average molecular weight is 371 g/mol. The van der Waals surface area contributed by atoms with Crippen molar-refractivity contribution in [3.63, 3.8) is 0 Å². The Morgan fingerprint density at radius 3 is 1.88 bits per heavy atom. The van der Waals surface area contributed by atoms with E-state index in [1.165, 1.54) is 10.4 Å². The Bertz CT molecular complexity index is 700. The minimum atomic E-state index is -2.67. The predicted molar refractivity (Wildman–Crippen MR) is 106 cm³/mol. The number of rotatable bonds is 4. The number of halogens is 1. The van der Waals surface area contributed by atoms with Gasteiger partial charge in [0, 0.05) is 18.9 Å². The zero-order valence-corrected chi connectivity index (χ0v) is 16.7. The van der Waals surface area contributed by atoms with E-state index in [0.29, 0.717) is 6.42 Å². The molecule has 2 aromatic carbocycles. The molecule has 0 saturated heterocycles. The van der Waals surface area contributed by atoms with Crippen LogP contribution in [0.25, 0.3) is 0 Å². The standard InChI is InChI=1S/C22H27FO2Si/c1-22(2,3)26(18-10-6-4-7-11-18,19-12-8-5-9-13-19)25-17-14-15-21(24)20(23)16-17/h4-13,17,20H,14-16H2,1-3H3/t17-,20-/m0/s1. The molecule has 1 aliphatic rings. The van der Waals surface area contributed by atoms with Gasteiger partial charge in [0.05, 0.1) is 0 Å². The first-order valence-electron chi connectivity index (χ1n) is 9.30. The summed E-state index contributed by atoms with van der Waals surface area (Å²) in [7, 11) is -2.67. The van der Waals surface area contributed by atoms with Gasteiger partial charge < -0.3 is 4.43 Å². The van der Waals surface area contributed by atoms with Crippen LogP contribution in [0.2, 0.25) is 5.04 Å². The number of benzene rings is 2. The van der Waals surface area contributed by atoms with Crippen molar-refractivity contribution < 1.29 is 13.6 Å². The molecule has 138 valence electrons. The molecule has 0 bridgehead atoms. The molecule has 3 rings (SSSR count). The monoisotopic (exact) mass is 370 g/mol. The molecule has 26 heavy (non-hydrogen) atoms. The van der Waals surface area contributed by atoms with Crippen molar-refractivity contribution in [2.75, 3.05) is 0 Å². The number of hydrogen-bond donors (Lipinski definition) is 0. The van der Waals surface area contributed by atoms with E-state index >= 15 is 0 Å². The highest BCUT2D eigenvalue weighted by molar-refractivity contribution is 6.99. The Kier molecular flexibility index (Phi) is 5.44. The van der Waals surface area contributed by atoms with Gasteiger partial charge in [0.2, 0.25) is 0 Å². The normalized spacial score (nSPS) is 21.6. The second-order valence-corrected chi connectivity index (χ2v) is 12.4. The van der Waals surface area contributed by atoms with Crippen molar-refractivity contribution in [3.8, 4) is 0 Å². The summed E-state index contributed by atoms with van der Waals surface area (Å²) in [5.74, 6) is -0.285. The van der Waals surface area contributed by atoms with Gasteiger partial charge in [-0.15, -0.1) is 0 Å². The number of carbonyl (C=O) groups excluding carboxylic acids is 1. The summed E-state index contributed by atoms with van der Waals surface area (Å²) in [6.45, 7) is 6.63. The maximum Gasteiger partial charge on any atom is 0.261 e. The van der Waals surface area contributed by atoms with Crippen LogP contribution in [0.15, 0.2) is 60.7 Å². The van der Waals surface area contributed by atoms with Gasteiger partial charge >= 0.3 is 0 Å². The van der Waals surface area contributed by atoms with Crippen LogP contribution < -0.4 is 10.4 Å². The fraction of sp³-hybridized carbons (Fsp3) is 0.409. The van der Waals surface area contributed by atoms with Crippen molar-refractivity contribution in [1.82, 2.24) is 0 Å². The van der Waals surface area contributed by atoms with Crippen molar-refractivity contribution in [3.05, 3.63) is 60.7 Å². The summed E-state index contributed by atoms with van der Waals surface area (Å²) in [6, 6.07) is 20.7. The lowest BCUT2D eigenvalue weighted by molar-refractivity contribution is -0.127. The molecule has 1 aliphatic carbocycles. The summed E-state index contributed by atoms with van der Waals surface area (Å²) in [4.78, 5) is 11.6. The van der Waals surface area contributed by atoms with Crippen LogP contribution in [0.3, 0.4) is 0 Å². The van der Waals surface area contributed by atoms with Gasteiger partial charge in [-0.2, -0.15) is 0 Å². The molecule has 0 amide bonds. The lowest BCUT2D eigenvalue weighted by Crippen LogP contribution is -2.68. The number of ketones is 1. The molecule has 0 radical (unpaired) electrons. The van der Waals surface area contributed by atoms with E-state index in [0.717, 1.165) is 0 Å². The van der Waals surface area contributed by atoms with Gasteiger partial charge in [-0.3, -0.25) is 4.79 Å². The van der Waals surface area contributed by atoms with E-state index < -0.39 is 14.5 Å². The first kappa shape index (κ1) is 19.0. The zero-order chi connectivity index (χ0) is 18.8. The van der Waals surface area contributed by atoms with Crippen molar-refractivity contribution in [1.29, 1.82) is 0 Å². The van der Waals surface area contributed by atoms with Crippen LogP contribution in [-0.4, -0.2) is 26.4 Å². The minimum absolute atomic E-state index is 0.136.